The van der Waals surface area contributed by atoms with E-state index in [1.807, 2.05) is 6.92 Å². The van der Waals surface area contributed by atoms with Gasteiger partial charge in [0.05, 0.1) is 0 Å². The van der Waals surface area contributed by atoms with Gasteiger partial charge in [0.15, 0.2) is 0 Å². The number of nitrogens with zero attached hydrogens (tertiary/aromatic N) is 1. The predicted molar refractivity (Wildman–Crippen MR) is 67.0 cm³/mol. The molecule has 0 aromatic rings. The average molecular weight is 227 g/mol. The maximum Gasteiger partial charge on any atom is 0.104 e. The van der Waals surface area contributed by atoms with E-state index in [0.717, 1.165) is 19.6 Å². The Bertz CT molecular complexity index is 255. The Morgan fingerprint density at radius 3 is 2.94 bits per heavy atom. The van der Waals surface area contributed by atoms with Gasteiger partial charge >= 0.3 is 0 Å². The first-order valence-electron chi connectivity index (χ1n) is 5.95. The maximum absolute atomic E-state index is 5.21. The van der Waals surface area contributed by atoms with Crippen LogP contribution in [0.1, 0.15) is 20.8 Å². The smallest absolute Gasteiger partial charge is 0.104 e. The lowest BCUT2D eigenvalue weighted by molar-refractivity contribution is 0.0794. The van der Waals surface area contributed by atoms with Crippen LogP contribution < -0.4 is 10.6 Å². The van der Waals surface area contributed by atoms with E-state index in [-0.39, 0.29) is 11.6 Å². The molecule has 1 heterocycles. The van der Waals surface area contributed by atoms with Crippen molar-refractivity contribution in [2.45, 2.75) is 27.0 Å². The van der Waals surface area contributed by atoms with Gasteiger partial charge in [-0.1, -0.05) is 6.92 Å². The van der Waals surface area contributed by atoms with Crippen LogP contribution in [0.5, 0.6) is 0 Å². The van der Waals surface area contributed by atoms with Gasteiger partial charge in [0, 0.05) is 51.1 Å². The van der Waals surface area contributed by atoms with E-state index in [9.17, 15) is 0 Å². The van der Waals surface area contributed by atoms with Crippen LogP contribution >= 0.6 is 0 Å². The molecular formula is C12H25N3O. The topological polar surface area (TPSA) is 36.5 Å². The Hall–Kier alpha value is -0.740. The fraction of sp³-hybridized carbons (Fsp3) is 0.833. The second-order valence-corrected chi connectivity index (χ2v) is 4.74. The molecule has 94 valence electrons. The van der Waals surface area contributed by atoms with Crippen molar-refractivity contribution in [2.24, 2.45) is 5.41 Å². The molecule has 0 aliphatic carbocycles. The van der Waals surface area contributed by atoms with Crippen molar-refractivity contribution in [3.8, 4) is 0 Å². The fourth-order valence-electron chi connectivity index (χ4n) is 1.98. The molecule has 0 bridgehead atoms. The van der Waals surface area contributed by atoms with Crippen LogP contribution in [0.3, 0.4) is 0 Å². The molecule has 0 saturated heterocycles. The van der Waals surface area contributed by atoms with Crippen molar-refractivity contribution in [3.63, 3.8) is 0 Å². The van der Waals surface area contributed by atoms with Crippen LogP contribution in [0.2, 0.25) is 0 Å². The van der Waals surface area contributed by atoms with Crippen molar-refractivity contribution in [1.82, 2.24) is 15.5 Å². The molecule has 2 atom stereocenters. The highest BCUT2D eigenvalue weighted by Crippen LogP contribution is 2.31. The molecule has 4 nitrogen and oxygen atoms in total. The van der Waals surface area contributed by atoms with E-state index in [4.69, 9.17) is 4.74 Å². The highest BCUT2D eigenvalue weighted by Gasteiger charge is 2.34. The summed E-state index contributed by atoms with van der Waals surface area (Å²) in [6.07, 6.45) is 2.23. The first-order valence-corrected chi connectivity index (χ1v) is 5.95. The van der Waals surface area contributed by atoms with Gasteiger partial charge in [-0.05, 0) is 13.8 Å². The zero-order chi connectivity index (χ0) is 12.2. The van der Waals surface area contributed by atoms with Gasteiger partial charge in [0.2, 0.25) is 0 Å². The quantitative estimate of drug-likeness (QED) is 0.663. The summed E-state index contributed by atoms with van der Waals surface area (Å²) in [5.74, 6) is 0. The van der Waals surface area contributed by atoms with Crippen molar-refractivity contribution < 1.29 is 4.74 Å². The summed E-state index contributed by atoms with van der Waals surface area (Å²) < 4.78 is 5.21. The van der Waals surface area contributed by atoms with Gasteiger partial charge in [0.1, 0.15) is 6.23 Å². The molecule has 16 heavy (non-hydrogen) atoms. The molecule has 0 amide bonds. The molecule has 2 unspecified atom stereocenters. The number of methoxy groups -OCH3 is 1. The zero-order valence-electron chi connectivity index (χ0n) is 11.1. The van der Waals surface area contributed by atoms with Crippen molar-refractivity contribution in [1.29, 1.82) is 0 Å². The summed E-state index contributed by atoms with van der Waals surface area (Å²) in [5, 5.41) is 6.73. The summed E-state index contributed by atoms with van der Waals surface area (Å²) in [4.78, 5) is 2.29. The molecule has 1 aliphatic rings. The van der Waals surface area contributed by atoms with Gasteiger partial charge < -0.3 is 15.0 Å². The van der Waals surface area contributed by atoms with Gasteiger partial charge in [-0.3, -0.25) is 5.32 Å². The summed E-state index contributed by atoms with van der Waals surface area (Å²) >= 11 is 0. The van der Waals surface area contributed by atoms with E-state index in [1.165, 1.54) is 5.70 Å². The number of rotatable bonds is 6. The molecule has 4 heteroatoms. The number of nitrogens with one attached hydrogen (secondary N) is 2. The Balaban J connectivity index is 2.59. The Morgan fingerprint density at radius 1 is 1.69 bits per heavy atom. The molecular weight excluding hydrogens is 202 g/mol. The molecule has 0 aromatic heterocycles. The standard InChI is InChI=1S/C12H25N3O/c1-6-15(4)11-7-13-8-12(11,3)9-14-10(2)16-5/h7,10,13-14H,6,8-9H2,1-5H3. The van der Waals surface area contributed by atoms with Crippen molar-refractivity contribution in [3.05, 3.63) is 11.9 Å². The Kier molecular flexibility index (Phi) is 4.62. The van der Waals surface area contributed by atoms with Crippen molar-refractivity contribution >= 4 is 0 Å². The van der Waals surface area contributed by atoms with Gasteiger partial charge in [-0.25, -0.2) is 0 Å². The van der Waals surface area contributed by atoms with Crippen LogP contribution in [0.25, 0.3) is 0 Å². The minimum absolute atomic E-state index is 0.102. The summed E-state index contributed by atoms with van der Waals surface area (Å²) in [7, 11) is 3.86. The van der Waals surface area contributed by atoms with E-state index in [1.54, 1.807) is 7.11 Å². The third kappa shape index (κ3) is 2.89. The fourth-order valence-corrected chi connectivity index (χ4v) is 1.98. The van der Waals surface area contributed by atoms with Crippen LogP contribution in [-0.4, -0.2) is 44.9 Å². The molecule has 1 rings (SSSR count). The first-order chi connectivity index (χ1) is 7.53. The van der Waals surface area contributed by atoms with Gasteiger partial charge in [0.25, 0.3) is 0 Å². The lowest BCUT2D eigenvalue weighted by atomic mass is 9.88. The Morgan fingerprint density at radius 2 is 2.38 bits per heavy atom. The number of hydrogen-bond acceptors (Lipinski definition) is 4. The van der Waals surface area contributed by atoms with Crippen LogP contribution in [0.4, 0.5) is 0 Å². The zero-order valence-corrected chi connectivity index (χ0v) is 11.1. The second-order valence-electron chi connectivity index (χ2n) is 4.74. The summed E-state index contributed by atoms with van der Waals surface area (Å²) in [5.41, 5.74) is 1.52. The highest BCUT2D eigenvalue weighted by atomic mass is 16.5. The normalized spacial score (nSPS) is 26.2. The summed E-state index contributed by atoms with van der Waals surface area (Å²) in [6.45, 7) is 9.41. The van der Waals surface area contributed by atoms with Gasteiger partial charge in [-0.2, -0.15) is 0 Å². The van der Waals surface area contributed by atoms with Crippen molar-refractivity contribution in [2.75, 3.05) is 33.8 Å². The number of hydrogen-bond donors (Lipinski definition) is 2. The molecule has 0 fully saturated rings. The minimum atomic E-state index is 0.102. The largest absolute Gasteiger partial charge is 0.388 e. The number of ether oxygens (including phenoxy) is 1. The molecule has 0 aromatic carbocycles. The monoisotopic (exact) mass is 227 g/mol. The molecule has 2 N–H and O–H groups in total. The van der Waals surface area contributed by atoms with Crippen LogP contribution in [0, 0.1) is 5.41 Å². The molecule has 0 saturated carbocycles. The predicted octanol–water partition coefficient (Wildman–Crippen LogP) is 0.971. The van der Waals surface area contributed by atoms with E-state index < -0.39 is 0 Å². The highest BCUT2D eigenvalue weighted by molar-refractivity contribution is 5.18. The lowest BCUT2D eigenvalue weighted by Crippen LogP contribution is -2.43. The average Bonchev–Trinajstić information content (AvgIpc) is 2.67. The second kappa shape index (κ2) is 5.55. The molecule has 1 aliphatic heterocycles. The van der Waals surface area contributed by atoms with Gasteiger partial charge in [-0.15, -0.1) is 0 Å². The molecule has 0 spiro atoms. The third-order valence-electron chi connectivity index (χ3n) is 3.37. The van der Waals surface area contributed by atoms with E-state index in [2.05, 4.69) is 42.6 Å². The SMILES string of the molecule is CCN(C)C1=CNCC1(C)CNC(C)OC. The molecule has 0 radical (unpaired) electrons. The lowest BCUT2D eigenvalue weighted by Gasteiger charge is -2.33. The van der Waals surface area contributed by atoms with Crippen LogP contribution in [0.15, 0.2) is 11.9 Å². The van der Waals surface area contributed by atoms with Crippen LogP contribution in [-0.2, 0) is 4.74 Å². The Labute approximate surface area is 99.0 Å². The minimum Gasteiger partial charge on any atom is -0.388 e. The first kappa shape index (κ1) is 13.3. The maximum atomic E-state index is 5.21. The van der Waals surface area contributed by atoms with E-state index >= 15 is 0 Å². The van der Waals surface area contributed by atoms with E-state index in [0.29, 0.717) is 0 Å². The summed E-state index contributed by atoms with van der Waals surface area (Å²) in [6, 6.07) is 0. The third-order valence-corrected chi connectivity index (χ3v) is 3.37.